The first-order chi connectivity index (χ1) is 9.20. The molecule has 0 fully saturated rings. The van der Waals surface area contributed by atoms with Gasteiger partial charge in [-0.05, 0) is 43.2 Å². The Bertz CT molecular complexity index is 572. The molecule has 0 amide bonds. The summed E-state index contributed by atoms with van der Waals surface area (Å²) in [5.74, 6) is 0. The number of nitriles is 1. The van der Waals surface area contributed by atoms with Crippen LogP contribution in [0.1, 0.15) is 42.6 Å². The Kier molecular flexibility index (Phi) is 4.27. The minimum absolute atomic E-state index is 0.184. The van der Waals surface area contributed by atoms with E-state index in [0.717, 1.165) is 11.1 Å². The Morgan fingerprint density at radius 1 is 1.11 bits per heavy atom. The van der Waals surface area contributed by atoms with Gasteiger partial charge in [0.2, 0.25) is 0 Å². The fourth-order valence-corrected chi connectivity index (χ4v) is 2.08. The zero-order chi connectivity index (χ0) is 13.7. The van der Waals surface area contributed by atoms with Gasteiger partial charge in [-0.15, -0.1) is 0 Å². The quantitative estimate of drug-likeness (QED) is 0.906. The standard InChI is InChI=1S/C16H17N3/c1-12(15-6-3-5-14(9-15)10-17)19-13(2)16-7-4-8-18-11-16/h3-9,11-13,19H,1-2H3/t12?,13-/m0/s1. The predicted molar refractivity (Wildman–Crippen MR) is 75.4 cm³/mol. The molecule has 3 nitrogen and oxygen atoms in total. The van der Waals surface area contributed by atoms with Crippen LogP contribution in [0.5, 0.6) is 0 Å². The van der Waals surface area contributed by atoms with Crippen molar-refractivity contribution in [3.63, 3.8) is 0 Å². The maximum atomic E-state index is 8.93. The van der Waals surface area contributed by atoms with Crippen molar-refractivity contribution < 1.29 is 0 Å². The monoisotopic (exact) mass is 251 g/mol. The molecule has 0 saturated carbocycles. The van der Waals surface area contributed by atoms with Crippen LogP contribution in [-0.2, 0) is 0 Å². The van der Waals surface area contributed by atoms with Gasteiger partial charge in [0, 0.05) is 24.5 Å². The van der Waals surface area contributed by atoms with E-state index in [1.165, 1.54) is 0 Å². The molecule has 0 aliphatic carbocycles. The lowest BCUT2D eigenvalue weighted by atomic mass is 10.0. The molecular weight excluding hydrogens is 234 g/mol. The van der Waals surface area contributed by atoms with Crippen LogP contribution in [0.3, 0.4) is 0 Å². The van der Waals surface area contributed by atoms with Gasteiger partial charge in [0.15, 0.2) is 0 Å². The fraction of sp³-hybridized carbons (Fsp3) is 0.250. The van der Waals surface area contributed by atoms with Crippen LogP contribution in [0.4, 0.5) is 0 Å². The Labute approximate surface area is 113 Å². The second-order valence-electron chi connectivity index (χ2n) is 4.63. The molecule has 96 valence electrons. The van der Waals surface area contributed by atoms with E-state index in [-0.39, 0.29) is 12.1 Å². The zero-order valence-corrected chi connectivity index (χ0v) is 11.2. The summed E-state index contributed by atoms with van der Waals surface area (Å²) in [5, 5.41) is 12.4. The molecule has 0 spiro atoms. The molecule has 0 aliphatic rings. The Hall–Kier alpha value is -2.18. The van der Waals surface area contributed by atoms with E-state index in [1.54, 1.807) is 6.20 Å². The van der Waals surface area contributed by atoms with Gasteiger partial charge in [0.25, 0.3) is 0 Å². The van der Waals surface area contributed by atoms with Crippen molar-refractivity contribution in [2.75, 3.05) is 0 Å². The number of nitrogens with one attached hydrogen (secondary N) is 1. The Morgan fingerprint density at radius 2 is 1.84 bits per heavy atom. The van der Waals surface area contributed by atoms with E-state index < -0.39 is 0 Å². The average molecular weight is 251 g/mol. The molecule has 19 heavy (non-hydrogen) atoms. The van der Waals surface area contributed by atoms with E-state index >= 15 is 0 Å². The molecule has 2 rings (SSSR count). The maximum absolute atomic E-state index is 8.93. The molecule has 3 heteroatoms. The van der Waals surface area contributed by atoms with Crippen molar-refractivity contribution in [2.24, 2.45) is 0 Å². The molecule has 2 atom stereocenters. The van der Waals surface area contributed by atoms with Crippen LogP contribution in [0.15, 0.2) is 48.8 Å². The number of nitrogens with zero attached hydrogens (tertiary/aromatic N) is 2. The topological polar surface area (TPSA) is 48.7 Å². The highest BCUT2D eigenvalue weighted by Crippen LogP contribution is 2.19. The first-order valence-corrected chi connectivity index (χ1v) is 6.36. The van der Waals surface area contributed by atoms with Crippen LogP contribution in [-0.4, -0.2) is 4.98 Å². The second-order valence-corrected chi connectivity index (χ2v) is 4.63. The number of benzene rings is 1. The van der Waals surface area contributed by atoms with Gasteiger partial charge in [0.1, 0.15) is 0 Å². The van der Waals surface area contributed by atoms with Crippen molar-refractivity contribution in [1.29, 1.82) is 5.26 Å². The number of aromatic nitrogens is 1. The van der Waals surface area contributed by atoms with E-state index in [0.29, 0.717) is 5.56 Å². The zero-order valence-electron chi connectivity index (χ0n) is 11.2. The molecule has 1 aromatic heterocycles. The van der Waals surface area contributed by atoms with E-state index in [9.17, 15) is 0 Å². The lowest BCUT2D eigenvalue weighted by molar-refractivity contribution is 0.493. The smallest absolute Gasteiger partial charge is 0.0991 e. The molecule has 2 aromatic rings. The number of hydrogen-bond acceptors (Lipinski definition) is 3. The largest absolute Gasteiger partial charge is 0.304 e. The molecular formula is C16H17N3. The molecule has 1 heterocycles. The molecule has 1 unspecified atom stereocenters. The van der Waals surface area contributed by atoms with Crippen molar-refractivity contribution >= 4 is 0 Å². The van der Waals surface area contributed by atoms with E-state index in [2.05, 4.69) is 36.3 Å². The predicted octanol–water partition coefficient (Wildman–Crippen LogP) is 3.37. The van der Waals surface area contributed by atoms with E-state index in [1.807, 2.05) is 36.5 Å². The summed E-state index contributed by atoms with van der Waals surface area (Å²) in [5.41, 5.74) is 2.97. The maximum Gasteiger partial charge on any atom is 0.0991 e. The summed E-state index contributed by atoms with van der Waals surface area (Å²) in [4.78, 5) is 4.13. The second kappa shape index (κ2) is 6.12. The third kappa shape index (κ3) is 3.40. The summed E-state index contributed by atoms with van der Waals surface area (Å²) in [7, 11) is 0. The van der Waals surface area contributed by atoms with Crippen molar-refractivity contribution in [1.82, 2.24) is 10.3 Å². The van der Waals surface area contributed by atoms with Crippen molar-refractivity contribution in [3.05, 3.63) is 65.5 Å². The third-order valence-electron chi connectivity index (χ3n) is 3.20. The highest BCUT2D eigenvalue weighted by molar-refractivity contribution is 5.34. The lowest BCUT2D eigenvalue weighted by Crippen LogP contribution is -2.22. The number of rotatable bonds is 4. The molecule has 0 aliphatic heterocycles. The van der Waals surface area contributed by atoms with Gasteiger partial charge in [-0.25, -0.2) is 0 Å². The van der Waals surface area contributed by atoms with Crippen LogP contribution in [0.25, 0.3) is 0 Å². The number of hydrogen-bond donors (Lipinski definition) is 1. The molecule has 1 N–H and O–H groups in total. The Balaban J connectivity index is 2.08. The summed E-state index contributed by atoms with van der Waals surface area (Å²) in [6.45, 7) is 4.21. The van der Waals surface area contributed by atoms with Gasteiger partial charge in [0.05, 0.1) is 11.6 Å². The lowest BCUT2D eigenvalue weighted by Gasteiger charge is -2.20. The summed E-state index contributed by atoms with van der Waals surface area (Å²) in [6, 6.07) is 14.3. The molecule has 0 radical (unpaired) electrons. The van der Waals surface area contributed by atoms with Gasteiger partial charge in [-0.1, -0.05) is 18.2 Å². The molecule has 0 saturated heterocycles. The number of pyridine rings is 1. The SMILES string of the molecule is CC(N[C@@H](C)c1cccnc1)c1cccc(C#N)c1. The van der Waals surface area contributed by atoms with Crippen LogP contribution in [0, 0.1) is 11.3 Å². The van der Waals surface area contributed by atoms with E-state index in [4.69, 9.17) is 5.26 Å². The molecule has 1 aromatic carbocycles. The fourth-order valence-electron chi connectivity index (χ4n) is 2.08. The van der Waals surface area contributed by atoms with Crippen molar-refractivity contribution in [2.45, 2.75) is 25.9 Å². The highest BCUT2D eigenvalue weighted by Gasteiger charge is 2.11. The first kappa shape index (κ1) is 13.3. The van der Waals surface area contributed by atoms with Crippen LogP contribution in [0.2, 0.25) is 0 Å². The van der Waals surface area contributed by atoms with Gasteiger partial charge < -0.3 is 5.32 Å². The average Bonchev–Trinajstić information content (AvgIpc) is 2.48. The first-order valence-electron chi connectivity index (χ1n) is 6.36. The summed E-state index contributed by atoms with van der Waals surface area (Å²) >= 11 is 0. The third-order valence-corrected chi connectivity index (χ3v) is 3.20. The minimum Gasteiger partial charge on any atom is -0.304 e. The normalized spacial score (nSPS) is 13.5. The molecule has 0 bridgehead atoms. The van der Waals surface area contributed by atoms with Gasteiger partial charge >= 0.3 is 0 Å². The van der Waals surface area contributed by atoms with Crippen molar-refractivity contribution in [3.8, 4) is 6.07 Å². The minimum atomic E-state index is 0.184. The van der Waals surface area contributed by atoms with Crippen LogP contribution < -0.4 is 5.32 Å². The Morgan fingerprint density at radius 3 is 2.53 bits per heavy atom. The van der Waals surface area contributed by atoms with Gasteiger partial charge in [-0.3, -0.25) is 4.98 Å². The highest BCUT2D eigenvalue weighted by atomic mass is 14.9. The van der Waals surface area contributed by atoms with Gasteiger partial charge in [-0.2, -0.15) is 5.26 Å². The summed E-state index contributed by atoms with van der Waals surface area (Å²) in [6.07, 6.45) is 3.64. The summed E-state index contributed by atoms with van der Waals surface area (Å²) < 4.78 is 0. The van der Waals surface area contributed by atoms with Crippen LogP contribution >= 0.6 is 0 Å².